The van der Waals surface area contributed by atoms with Gasteiger partial charge in [-0.15, -0.1) is 0 Å². The van der Waals surface area contributed by atoms with Crippen LogP contribution in [0.3, 0.4) is 0 Å². The summed E-state index contributed by atoms with van der Waals surface area (Å²) in [7, 11) is 1.57. The van der Waals surface area contributed by atoms with Crippen LogP contribution in [-0.4, -0.2) is 56.0 Å². The van der Waals surface area contributed by atoms with Gasteiger partial charge < -0.3 is 9.64 Å². The van der Waals surface area contributed by atoms with Crippen LogP contribution >= 0.6 is 11.6 Å². The number of ether oxygens (including phenoxy) is 1. The molecule has 2 saturated heterocycles. The molecule has 0 bridgehead atoms. The molecule has 2 aliphatic heterocycles. The Morgan fingerprint density at radius 3 is 2.36 bits per heavy atom. The molecule has 28 heavy (non-hydrogen) atoms. The third kappa shape index (κ3) is 3.57. The van der Waals surface area contributed by atoms with E-state index in [0.717, 1.165) is 36.9 Å². The molecule has 6 nitrogen and oxygen atoms in total. The first-order valence-electron chi connectivity index (χ1n) is 9.32. The van der Waals surface area contributed by atoms with Crippen molar-refractivity contribution in [2.75, 3.05) is 43.1 Å². The van der Waals surface area contributed by atoms with Crippen LogP contribution in [0.5, 0.6) is 5.75 Å². The molecule has 0 unspecified atom stereocenters. The topological polar surface area (TPSA) is 53.1 Å². The molecule has 0 saturated carbocycles. The lowest BCUT2D eigenvalue weighted by Crippen LogP contribution is -2.52. The number of piperazine rings is 1. The zero-order valence-electron chi connectivity index (χ0n) is 15.7. The molecule has 0 spiro atoms. The normalized spacial score (nSPS) is 20.7. The number of amides is 2. The maximum absolute atomic E-state index is 13.0. The van der Waals surface area contributed by atoms with E-state index in [4.69, 9.17) is 16.3 Å². The summed E-state index contributed by atoms with van der Waals surface area (Å²) >= 11 is 5.96. The number of hydrogen-bond acceptors (Lipinski definition) is 5. The molecule has 2 aromatic rings. The summed E-state index contributed by atoms with van der Waals surface area (Å²) in [6.07, 6.45) is 0.219. The zero-order chi connectivity index (χ0) is 19.7. The number of anilines is 2. The second-order valence-electron chi connectivity index (χ2n) is 6.99. The van der Waals surface area contributed by atoms with Crippen LogP contribution in [0, 0.1) is 0 Å². The first-order chi connectivity index (χ1) is 13.6. The smallest absolute Gasteiger partial charge is 0.251 e. The van der Waals surface area contributed by atoms with Crippen LogP contribution in [0.4, 0.5) is 11.4 Å². The number of carbonyl (C=O) groups is 2. The zero-order valence-corrected chi connectivity index (χ0v) is 16.4. The molecule has 0 N–H and O–H groups in total. The van der Waals surface area contributed by atoms with Gasteiger partial charge in [0.15, 0.2) is 0 Å². The lowest BCUT2D eigenvalue weighted by molar-refractivity contribution is -0.123. The van der Waals surface area contributed by atoms with Crippen molar-refractivity contribution < 1.29 is 14.3 Å². The molecule has 2 aliphatic rings. The van der Waals surface area contributed by atoms with Gasteiger partial charge in [-0.2, -0.15) is 0 Å². The van der Waals surface area contributed by atoms with Gasteiger partial charge in [0.25, 0.3) is 5.91 Å². The van der Waals surface area contributed by atoms with Crippen molar-refractivity contribution in [1.82, 2.24) is 4.90 Å². The molecular weight excluding hydrogens is 378 g/mol. The Labute approximate surface area is 169 Å². The van der Waals surface area contributed by atoms with Gasteiger partial charge in [0, 0.05) is 43.0 Å². The minimum absolute atomic E-state index is 0.154. The van der Waals surface area contributed by atoms with E-state index < -0.39 is 6.04 Å². The van der Waals surface area contributed by atoms with Crippen LogP contribution < -0.4 is 14.5 Å². The quantitative estimate of drug-likeness (QED) is 0.740. The molecular formula is C21H22ClN3O3. The summed E-state index contributed by atoms with van der Waals surface area (Å²) in [6.45, 7) is 3.08. The molecule has 0 aromatic heterocycles. The van der Waals surface area contributed by atoms with E-state index in [1.807, 2.05) is 24.3 Å². The highest BCUT2D eigenvalue weighted by atomic mass is 35.5. The Morgan fingerprint density at radius 2 is 1.68 bits per heavy atom. The Kier molecular flexibility index (Phi) is 5.24. The first kappa shape index (κ1) is 18.8. The Hall–Kier alpha value is -2.57. The summed E-state index contributed by atoms with van der Waals surface area (Å²) in [6, 6.07) is 14.4. The number of carbonyl (C=O) groups excluding carboxylic acids is 2. The van der Waals surface area contributed by atoms with Crippen molar-refractivity contribution in [3.8, 4) is 5.75 Å². The van der Waals surface area contributed by atoms with Crippen molar-refractivity contribution >= 4 is 34.8 Å². The van der Waals surface area contributed by atoms with E-state index in [1.54, 1.807) is 31.4 Å². The lowest BCUT2D eigenvalue weighted by Gasteiger charge is -2.38. The van der Waals surface area contributed by atoms with Crippen molar-refractivity contribution in [1.29, 1.82) is 0 Å². The van der Waals surface area contributed by atoms with Gasteiger partial charge >= 0.3 is 0 Å². The van der Waals surface area contributed by atoms with Crippen molar-refractivity contribution in [3.63, 3.8) is 0 Å². The number of imide groups is 1. The van der Waals surface area contributed by atoms with Gasteiger partial charge in [-0.05, 0) is 36.4 Å². The summed E-state index contributed by atoms with van der Waals surface area (Å²) in [5.74, 6) is 0.305. The van der Waals surface area contributed by atoms with E-state index in [-0.39, 0.29) is 18.2 Å². The highest BCUT2D eigenvalue weighted by molar-refractivity contribution is 6.30. The number of benzene rings is 2. The molecule has 7 heteroatoms. The van der Waals surface area contributed by atoms with E-state index in [0.29, 0.717) is 11.4 Å². The molecule has 0 aliphatic carbocycles. The van der Waals surface area contributed by atoms with Gasteiger partial charge in [-0.1, -0.05) is 17.7 Å². The van der Waals surface area contributed by atoms with Crippen molar-refractivity contribution in [2.24, 2.45) is 0 Å². The van der Waals surface area contributed by atoms with Gasteiger partial charge in [0.05, 0.1) is 25.3 Å². The Morgan fingerprint density at radius 1 is 0.964 bits per heavy atom. The van der Waals surface area contributed by atoms with E-state index in [1.165, 1.54) is 4.90 Å². The fourth-order valence-corrected chi connectivity index (χ4v) is 3.99. The second kappa shape index (κ2) is 7.81. The van der Waals surface area contributed by atoms with Crippen LogP contribution in [-0.2, 0) is 9.59 Å². The van der Waals surface area contributed by atoms with Gasteiger partial charge in [-0.25, -0.2) is 4.90 Å². The molecule has 2 fully saturated rings. The molecule has 2 aromatic carbocycles. The van der Waals surface area contributed by atoms with Crippen molar-refractivity contribution in [2.45, 2.75) is 12.5 Å². The predicted octanol–water partition coefficient (Wildman–Crippen LogP) is 2.80. The molecule has 4 rings (SSSR count). The van der Waals surface area contributed by atoms with Crippen molar-refractivity contribution in [3.05, 3.63) is 53.6 Å². The summed E-state index contributed by atoms with van der Waals surface area (Å²) in [5.41, 5.74) is 1.69. The van der Waals surface area contributed by atoms with Crippen LogP contribution in [0.1, 0.15) is 6.42 Å². The van der Waals surface area contributed by atoms with Crippen LogP contribution in [0.15, 0.2) is 48.5 Å². The van der Waals surface area contributed by atoms with Gasteiger partial charge in [0.2, 0.25) is 5.91 Å². The number of rotatable bonds is 4. The molecule has 2 amide bonds. The fourth-order valence-electron chi connectivity index (χ4n) is 3.87. The van der Waals surface area contributed by atoms with Gasteiger partial charge in [-0.3, -0.25) is 14.5 Å². The monoisotopic (exact) mass is 399 g/mol. The van der Waals surface area contributed by atoms with E-state index in [2.05, 4.69) is 9.80 Å². The Bertz CT molecular complexity index is 879. The second-order valence-corrected chi connectivity index (χ2v) is 7.42. The van der Waals surface area contributed by atoms with Gasteiger partial charge in [0.1, 0.15) is 5.75 Å². The minimum Gasteiger partial charge on any atom is -0.497 e. The SMILES string of the molecule is COc1cccc(N2C(=O)C[C@@H](N3CCN(c4ccc(Cl)cc4)CC3)C2=O)c1. The van der Waals surface area contributed by atoms with Crippen LogP contribution in [0.25, 0.3) is 0 Å². The standard InChI is InChI=1S/C21H22ClN3O3/c1-28-18-4-2-3-17(13-18)25-20(26)14-19(21(25)27)24-11-9-23(10-12-24)16-7-5-15(22)6-8-16/h2-8,13,19H,9-12,14H2,1H3/t19-/m1/s1. The van der Waals surface area contributed by atoms with E-state index >= 15 is 0 Å². The number of hydrogen-bond donors (Lipinski definition) is 0. The number of nitrogens with zero attached hydrogens (tertiary/aromatic N) is 3. The number of methoxy groups -OCH3 is 1. The maximum Gasteiger partial charge on any atom is 0.251 e. The highest BCUT2D eigenvalue weighted by Crippen LogP contribution is 2.29. The summed E-state index contributed by atoms with van der Waals surface area (Å²) < 4.78 is 5.22. The predicted molar refractivity (Wildman–Crippen MR) is 109 cm³/mol. The first-order valence-corrected chi connectivity index (χ1v) is 9.70. The molecule has 1 atom stereocenters. The molecule has 2 heterocycles. The highest BCUT2D eigenvalue weighted by Gasteiger charge is 2.43. The number of halogens is 1. The average Bonchev–Trinajstić information content (AvgIpc) is 3.03. The maximum atomic E-state index is 13.0. The largest absolute Gasteiger partial charge is 0.497 e. The summed E-state index contributed by atoms with van der Waals surface area (Å²) in [4.78, 5) is 31.2. The minimum atomic E-state index is -0.397. The molecule has 146 valence electrons. The average molecular weight is 400 g/mol. The third-order valence-electron chi connectivity index (χ3n) is 5.38. The van der Waals surface area contributed by atoms with Crippen LogP contribution in [0.2, 0.25) is 5.02 Å². The third-order valence-corrected chi connectivity index (χ3v) is 5.63. The fraction of sp³-hybridized carbons (Fsp3) is 0.333. The summed E-state index contributed by atoms with van der Waals surface area (Å²) in [5, 5.41) is 0.718. The van der Waals surface area contributed by atoms with E-state index in [9.17, 15) is 9.59 Å². The lowest BCUT2D eigenvalue weighted by atomic mass is 10.1. The Balaban J connectivity index is 1.44. The molecule has 0 radical (unpaired) electrons.